The van der Waals surface area contributed by atoms with E-state index in [0.29, 0.717) is 12.5 Å². The summed E-state index contributed by atoms with van der Waals surface area (Å²) in [4.78, 5) is 26.3. The maximum atomic E-state index is 12.9. The lowest BCUT2D eigenvalue weighted by Gasteiger charge is -2.33. The van der Waals surface area contributed by atoms with Crippen LogP contribution in [0.4, 0.5) is 5.95 Å². The predicted molar refractivity (Wildman–Crippen MR) is 122 cm³/mol. The third kappa shape index (κ3) is 4.04. The van der Waals surface area contributed by atoms with Gasteiger partial charge >= 0.3 is 0 Å². The van der Waals surface area contributed by atoms with Crippen LogP contribution in [0.25, 0.3) is 11.1 Å². The first-order chi connectivity index (χ1) is 15.6. The van der Waals surface area contributed by atoms with Crippen LogP contribution in [0, 0.1) is 0 Å². The molecule has 2 aromatic heterocycles. The molecule has 8 heteroatoms. The van der Waals surface area contributed by atoms with Gasteiger partial charge in [0, 0.05) is 63.7 Å². The number of rotatable bonds is 5. The second-order valence-electron chi connectivity index (χ2n) is 8.67. The minimum Gasteiger partial charge on any atom is -0.493 e. The van der Waals surface area contributed by atoms with Crippen LogP contribution >= 0.6 is 0 Å². The highest BCUT2D eigenvalue weighted by Gasteiger charge is 2.29. The molecule has 1 unspecified atom stereocenters. The summed E-state index contributed by atoms with van der Waals surface area (Å²) >= 11 is 0. The van der Waals surface area contributed by atoms with Crippen LogP contribution in [0.2, 0.25) is 0 Å². The molecule has 0 spiro atoms. The number of aromatic nitrogens is 4. The van der Waals surface area contributed by atoms with Crippen molar-refractivity contribution >= 4 is 11.9 Å². The molecule has 4 heterocycles. The molecule has 1 amide bonds. The summed E-state index contributed by atoms with van der Waals surface area (Å²) in [6.07, 6.45) is 8.32. The van der Waals surface area contributed by atoms with Crippen LogP contribution in [0.1, 0.15) is 30.0 Å². The van der Waals surface area contributed by atoms with Gasteiger partial charge in [-0.2, -0.15) is 5.10 Å². The van der Waals surface area contributed by atoms with Crippen molar-refractivity contribution in [3.8, 4) is 16.9 Å². The Labute approximate surface area is 187 Å². The van der Waals surface area contributed by atoms with Gasteiger partial charge in [0.2, 0.25) is 11.9 Å². The molecular weight excluding hydrogens is 404 g/mol. The number of likely N-dealkylation sites (tertiary alicyclic amines) is 1. The molecule has 3 aromatic rings. The molecule has 32 heavy (non-hydrogen) atoms. The summed E-state index contributed by atoms with van der Waals surface area (Å²) in [5.74, 6) is 1.91. The molecule has 166 valence electrons. The molecule has 2 aliphatic heterocycles. The van der Waals surface area contributed by atoms with Crippen molar-refractivity contribution in [1.82, 2.24) is 24.6 Å². The number of hydrogen-bond acceptors (Lipinski definition) is 6. The Kier molecular flexibility index (Phi) is 5.51. The lowest BCUT2D eigenvalue weighted by atomic mass is 9.89. The van der Waals surface area contributed by atoms with Crippen LogP contribution in [0.15, 0.2) is 42.9 Å². The minimum atomic E-state index is 0.0940. The summed E-state index contributed by atoms with van der Waals surface area (Å²) in [6.45, 7) is 2.43. The molecule has 0 aliphatic carbocycles. The van der Waals surface area contributed by atoms with Gasteiger partial charge in [-0.25, -0.2) is 9.97 Å². The Balaban J connectivity index is 1.45. The Bertz CT molecular complexity index is 1110. The number of anilines is 1. The van der Waals surface area contributed by atoms with Gasteiger partial charge < -0.3 is 14.5 Å². The Morgan fingerprint density at radius 2 is 2.22 bits per heavy atom. The first kappa shape index (κ1) is 20.5. The predicted octanol–water partition coefficient (Wildman–Crippen LogP) is 2.75. The molecule has 0 radical (unpaired) electrons. The van der Waals surface area contributed by atoms with Crippen LogP contribution in [0.5, 0.6) is 5.75 Å². The highest BCUT2D eigenvalue weighted by Crippen LogP contribution is 2.36. The van der Waals surface area contributed by atoms with E-state index in [0.717, 1.165) is 55.0 Å². The van der Waals surface area contributed by atoms with E-state index >= 15 is 0 Å². The van der Waals surface area contributed by atoms with E-state index < -0.39 is 0 Å². The third-order valence-electron chi connectivity index (χ3n) is 6.22. The van der Waals surface area contributed by atoms with Gasteiger partial charge in [0.15, 0.2) is 0 Å². The number of benzene rings is 1. The number of fused-ring (bicyclic) bond motifs is 1. The standard InChI is InChI=1S/C24H28N6O2/c1-28(2)24-25-14-20(17-6-7-21-18(13-17)8-12-32-21)23(27-24)19-5-3-10-29(15-19)22(31)16-30-11-4-9-26-30/h4,6-7,9,11,13-14,19H,3,5,8,10,12,15-16H2,1-2H3. The Hall–Kier alpha value is -3.42. The summed E-state index contributed by atoms with van der Waals surface area (Å²) in [5, 5.41) is 4.17. The van der Waals surface area contributed by atoms with Gasteiger partial charge in [-0.05, 0) is 42.2 Å². The second kappa shape index (κ2) is 8.61. The van der Waals surface area contributed by atoms with Crippen molar-refractivity contribution in [3.05, 3.63) is 54.1 Å². The molecule has 0 saturated carbocycles. The maximum Gasteiger partial charge on any atom is 0.244 e. The van der Waals surface area contributed by atoms with Crippen molar-refractivity contribution in [3.63, 3.8) is 0 Å². The summed E-state index contributed by atoms with van der Waals surface area (Å²) in [5.41, 5.74) is 4.38. The second-order valence-corrected chi connectivity index (χ2v) is 8.67. The van der Waals surface area contributed by atoms with Crippen LogP contribution < -0.4 is 9.64 Å². The quantitative estimate of drug-likeness (QED) is 0.617. The number of carbonyl (C=O) groups is 1. The average Bonchev–Trinajstić information content (AvgIpc) is 3.50. The van der Waals surface area contributed by atoms with Crippen molar-refractivity contribution in [1.29, 1.82) is 0 Å². The highest BCUT2D eigenvalue weighted by molar-refractivity contribution is 5.76. The normalized spacial score (nSPS) is 17.7. The van der Waals surface area contributed by atoms with Gasteiger partial charge in [0.25, 0.3) is 0 Å². The zero-order valence-electron chi connectivity index (χ0n) is 18.6. The molecule has 1 atom stereocenters. The van der Waals surface area contributed by atoms with E-state index in [-0.39, 0.29) is 18.4 Å². The van der Waals surface area contributed by atoms with Gasteiger partial charge in [0.05, 0.1) is 12.3 Å². The minimum absolute atomic E-state index is 0.0940. The molecule has 8 nitrogen and oxygen atoms in total. The van der Waals surface area contributed by atoms with E-state index in [4.69, 9.17) is 9.72 Å². The average molecular weight is 433 g/mol. The molecule has 0 bridgehead atoms. The summed E-state index contributed by atoms with van der Waals surface area (Å²) < 4.78 is 7.36. The lowest BCUT2D eigenvalue weighted by molar-refractivity contribution is -0.133. The van der Waals surface area contributed by atoms with E-state index in [1.165, 1.54) is 5.56 Å². The third-order valence-corrected chi connectivity index (χ3v) is 6.22. The fourth-order valence-corrected chi connectivity index (χ4v) is 4.55. The molecule has 1 aromatic carbocycles. The first-order valence-electron chi connectivity index (χ1n) is 11.1. The summed E-state index contributed by atoms with van der Waals surface area (Å²) in [6, 6.07) is 8.17. The van der Waals surface area contributed by atoms with E-state index in [1.807, 2.05) is 48.4 Å². The van der Waals surface area contributed by atoms with Gasteiger partial charge in [-0.1, -0.05) is 6.07 Å². The van der Waals surface area contributed by atoms with E-state index in [9.17, 15) is 4.79 Å². The van der Waals surface area contributed by atoms with Crippen LogP contribution in [-0.2, 0) is 17.8 Å². The SMILES string of the molecule is CN(C)c1ncc(-c2ccc3c(c2)CCO3)c(C2CCCN(C(=O)Cn3cccn3)C2)n1. The fraction of sp³-hybridized carbons (Fsp3) is 0.417. The smallest absolute Gasteiger partial charge is 0.244 e. The molecule has 5 rings (SSSR count). The molecule has 2 aliphatic rings. The van der Waals surface area contributed by atoms with Crippen LogP contribution in [0.3, 0.4) is 0 Å². The molecule has 0 N–H and O–H groups in total. The molecular formula is C24H28N6O2. The van der Waals surface area contributed by atoms with Gasteiger partial charge in [-0.15, -0.1) is 0 Å². The molecule has 1 fully saturated rings. The number of amides is 1. The Morgan fingerprint density at radius 3 is 3.03 bits per heavy atom. The lowest BCUT2D eigenvalue weighted by Crippen LogP contribution is -2.41. The van der Waals surface area contributed by atoms with Gasteiger partial charge in [0.1, 0.15) is 12.3 Å². The summed E-state index contributed by atoms with van der Waals surface area (Å²) in [7, 11) is 3.90. The highest BCUT2D eigenvalue weighted by atomic mass is 16.5. The zero-order valence-corrected chi connectivity index (χ0v) is 18.6. The fourth-order valence-electron chi connectivity index (χ4n) is 4.55. The topological polar surface area (TPSA) is 76.4 Å². The van der Waals surface area contributed by atoms with Crippen molar-refractivity contribution in [2.45, 2.75) is 31.7 Å². The Morgan fingerprint density at radius 1 is 1.31 bits per heavy atom. The van der Waals surface area contributed by atoms with E-state index in [1.54, 1.807) is 10.9 Å². The van der Waals surface area contributed by atoms with Crippen LogP contribution in [-0.4, -0.2) is 64.3 Å². The zero-order chi connectivity index (χ0) is 22.1. The maximum absolute atomic E-state index is 12.9. The number of ether oxygens (including phenoxy) is 1. The largest absolute Gasteiger partial charge is 0.493 e. The number of piperidine rings is 1. The van der Waals surface area contributed by atoms with E-state index in [2.05, 4.69) is 22.2 Å². The monoisotopic (exact) mass is 432 g/mol. The van der Waals surface area contributed by atoms with Crippen molar-refractivity contribution in [2.24, 2.45) is 0 Å². The number of carbonyl (C=O) groups excluding carboxylic acids is 1. The van der Waals surface area contributed by atoms with Crippen molar-refractivity contribution < 1.29 is 9.53 Å². The molecule has 1 saturated heterocycles. The number of hydrogen-bond donors (Lipinski definition) is 0. The first-order valence-corrected chi connectivity index (χ1v) is 11.1. The number of nitrogens with zero attached hydrogens (tertiary/aromatic N) is 6. The van der Waals surface area contributed by atoms with Crippen molar-refractivity contribution in [2.75, 3.05) is 38.7 Å². The van der Waals surface area contributed by atoms with Gasteiger partial charge in [-0.3, -0.25) is 9.48 Å².